The Morgan fingerprint density at radius 3 is 2.22 bits per heavy atom. The molecule has 0 unspecified atom stereocenters. The van der Waals surface area contributed by atoms with Gasteiger partial charge in [-0.3, -0.25) is 4.90 Å². The van der Waals surface area contributed by atoms with E-state index in [-0.39, 0.29) is 0 Å². The van der Waals surface area contributed by atoms with E-state index in [0.29, 0.717) is 6.61 Å². The molecule has 0 aliphatic carbocycles. The van der Waals surface area contributed by atoms with E-state index in [1.54, 1.807) is 7.11 Å². The minimum Gasteiger partial charge on any atom is -0.497 e. The van der Waals surface area contributed by atoms with Gasteiger partial charge in [-0.15, -0.1) is 0 Å². The molecule has 5 nitrogen and oxygen atoms in total. The van der Waals surface area contributed by atoms with Crippen LogP contribution in [0.4, 0.5) is 5.69 Å². The van der Waals surface area contributed by atoms with Crippen molar-refractivity contribution in [1.82, 2.24) is 4.90 Å². The van der Waals surface area contributed by atoms with Crippen LogP contribution in [-0.2, 0) is 11.4 Å². The highest BCUT2D eigenvalue weighted by Gasteiger charge is 2.19. The van der Waals surface area contributed by atoms with Crippen LogP contribution in [0.25, 0.3) is 0 Å². The van der Waals surface area contributed by atoms with Gasteiger partial charge in [0.15, 0.2) is 0 Å². The molecule has 1 heterocycles. The Labute approximate surface area is 194 Å². The number of oxime groups is 1. The van der Waals surface area contributed by atoms with Crippen molar-refractivity contribution in [3.63, 3.8) is 0 Å². The van der Waals surface area contributed by atoms with E-state index in [9.17, 15) is 0 Å². The van der Waals surface area contributed by atoms with E-state index < -0.39 is 0 Å². The van der Waals surface area contributed by atoms with E-state index >= 15 is 0 Å². The predicted octanol–water partition coefficient (Wildman–Crippen LogP) is 5.09. The molecule has 1 saturated heterocycles. The van der Waals surface area contributed by atoms with Crippen molar-refractivity contribution in [3.05, 3.63) is 95.0 Å². The molecule has 0 saturated carbocycles. The van der Waals surface area contributed by atoms with Gasteiger partial charge in [0, 0.05) is 49.0 Å². The van der Waals surface area contributed by atoms with Gasteiger partial charge < -0.3 is 14.5 Å². The molecule has 3 aromatic carbocycles. The Balaban J connectivity index is 1.37. The first-order valence-corrected chi connectivity index (χ1v) is 11.2. The minimum absolute atomic E-state index is 0.415. The zero-order chi connectivity index (χ0) is 22.2. The van der Waals surface area contributed by atoms with Gasteiger partial charge in [-0.2, -0.15) is 0 Å². The van der Waals surface area contributed by atoms with Crippen molar-refractivity contribution >= 4 is 23.0 Å². The summed E-state index contributed by atoms with van der Waals surface area (Å²) in [5, 5.41) is 5.24. The van der Waals surface area contributed by atoms with E-state index in [4.69, 9.17) is 21.2 Å². The van der Waals surface area contributed by atoms with Crippen LogP contribution in [0.2, 0.25) is 5.02 Å². The van der Waals surface area contributed by atoms with Crippen LogP contribution in [0, 0.1) is 0 Å². The summed E-state index contributed by atoms with van der Waals surface area (Å²) < 4.78 is 5.27. The Hall–Kier alpha value is -3.02. The number of hydrogen-bond acceptors (Lipinski definition) is 5. The fourth-order valence-corrected chi connectivity index (χ4v) is 3.86. The summed E-state index contributed by atoms with van der Waals surface area (Å²) in [5.74, 6) is 0.884. The van der Waals surface area contributed by atoms with Gasteiger partial charge in [-0.1, -0.05) is 59.2 Å². The summed E-state index contributed by atoms with van der Waals surface area (Å²) in [4.78, 5) is 10.6. The lowest BCUT2D eigenvalue weighted by molar-refractivity contribution is 0.129. The molecular weight excluding hydrogens is 422 g/mol. The summed E-state index contributed by atoms with van der Waals surface area (Å²) >= 11 is 5.96. The lowest BCUT2D eigenvalue weighted by atomic mass is 10.1. The van der Waals surface area contributed by atoms with Gasteiger partial charge in [0.05, 0.1) is 7.11 Å². The van der Waals surface area contributed by atoms with Crippen LogP contribution in [0.5, 0.6) is 5.75 Å². The second kappa shape index (κ2) is 11.0. The molecule has 0 N–H and O–H groups in total. The molecule has 0 bridgehead atoms. The molecule has 0 aromatic heterocycles. The van der Waals surface area contributed by atoms with Crippen molar-refractivity contribution in [2.24, 2.45) is 5.16 Å². The molecule has 32 heavy (non-hydrogen) atoms. The molecule has 1 aliphatic heterocycles. The SMILES string of the molecule is COc1ccc(N2CCN(C/C(=N\OCc3ccc(Cl)cc3)c3ccccc3)CC2)cc1. The Bertz CT molecular complexity index is 1000. The number of piperazine rings is 1. The molecule has 0 radical (unpaired) electrons. The molecule has 0 atom stereocenters. The summed E-state index contributed by atoms with van der Waals surface area (Å²) in [6, 6.07) is 26.2. The van der Waals surface area contributed by atoms with Crippen LogP contribution in [0.15, 0.2) is 84.0 Å². The number of ether oxygens (including phenoxy) is 1. The maximum atomic E-state index is 5.96. The van der Waals surface area contributed by atoms with Crippen LogP contribution in [0.3, 0.4) is 0 Å². The fraction of sp³-hybridized carbons (Fsp3) is 0.269. The number of nitrogens with zero attached hydrogens (tertiary/aromatic N) is 3. The topological polar surface area (TPSA) is 37.3 Å². The second-order valence-corrected chi connectivity index (χ2v) is 8.20. The number of methoxy groups -OCH3 is 1. The first-order chi connectivity index (χ1) is 15.7. The number of anilines is 1. The van der Waals surface area contributed by atoms with Crippen LogP contribution in [0.1, 0.15) is 11.1 Å². The van der Waals surface area contributed by atoms with E-state index in [1.165, 1.54) is 5.69 Å². The van der Waals surface area contributed by atoms with Crippen molar-refractivity contribution in [3.8, 4) is 5.75 Å². The van der Waals surface area contributed by atoms with Crippen LogP contribution < -0.4 is 9.64 Å². The van der Waals surface area contributed by atoms with Crippen molar-refractivity contribution < 1.29 is 9.57 Å². The molecule has 1 aliphatic rings. The van der Waals surface area contributed by atoms with Gasteiger partial charge in [-0.05, 0) is 42.0 Å². The molecule has 0 spiro atoms. The highest BCUT2D eigenvalue weighted by molar-refractivity contribution is 6.30. The van der Waals surface area contributed by atoms with E-state index in [0.717, 1.165) is 60.3 Å². The van der Waals surface area contributed by atoms with Crippen molar-refractivity contribution in [1.29, 1.82) is 0 Å². The number of hydrogen-bond donors (Lipinski definition) is 0. The average molecular weight is 450 g/mol. The van der Waals surface area contributed by atoms with Gasteiger partial charge >= 0.3 is 0 Å². The number of benzene rings is 3. The zero-order valence-electron chi connectivity index (χ0n) is 18.3. The monoisotopic (exact) mass is 449 g/mol. The highest BCUT2D eigenvalue weighted by Crippen LogP contribution is 2.20. The van der Waals surface area contributed by atoms with Gasteiger partial charge in [0.1, 0.15) is 18.1 Å². The first-order valence-electron chi connectivity index (χ1n) is 10.8. The molecular formula is C26H28ClN3O2. The highest BCUT2D eigenvalue weighted by atomic mass is 35.5. The predicted molar refractivity (Wildman–Crippen MR) is 131 cm³/mol. The molecule has 4 rings (SSSR count). The average Bonchev–Trinajstić information content (AvgIpc) is 2.86. The van der Waals surface area contributed by atoms with Gasteiger partial charge in [0.2, 0.25) is 0 Å². The Kier molecular flexibility index (Phi) is 7.64. The molecule has 3 aromatic rings. The normalized spacial score (nSPS) is 14.9. The quantitative estimate of drug-likeness (QED) is 0.354. The van der Waals surface area contributed by atoms with Crippen LogP contribution >= 0.6 is 11.6 Å². The summed E-state index contributed by atoms with van der Waals surface area (Å²) in [5.41, 5.74) is 4.30. The summed E-state index contributed by atoms with van der Waals surface area (Å²) in [7, 11) is 1.69. The molecule has 166 valence electrons. The third-order valence-electron chi connectivity index (χ3n) is 5.61. The lowest BCUT2D eigenvalue weighted by Crippen LogP contribution is -2.48. The first kappa shape index (κ1) is 22.2. The summed E-state index contributed by atoms with van der Waals surface area (Å²) in [6.45, 7) is 5.05. The van der Waals surface area contributed by atoms with Crippen molar-refractivity contribution in [2.45, 2.75) is 6.61 Å². The minimum atomic E-state index is 0.415. The van der Waals surface area contributed by atoms with Gasteiger partial charge in [-0.25, -0.2) is 0 Å². The standard InChI is InChI=1S/C26H28ClN3O2/c1-31-25-13-11-24(12-14-25)30-17-15-29(16-18-30)19-26(22-5-3-2-4-6-22)28-32-20-21-7-9-23(27)10-8-21/h2-14H,15-20H2,1H3/b28-26+. The smallest absolute Gasteiger partial charge is 0.142 e. The maximum absolute atomic E-state index is 5.96. The maximum Gasteiger partial charge on any atom is 0.142 e. The lowest BCUT2D eigenvalue weighted by Gasteiger charge is -2.36. The summed E-state index contributed by atoms with van der Waals surface area (Å²) in [6.07, 6.45) is 0. The molecule has 1 fully saturated rings. The van der Waals surface area contributed by atoms with E-state index in [1.807, 2.05) is 54.6 Å². The Morgan fingerprint density at radius 1 is 0.875 bits per heavy atom. The largest absolute Gasteiger partial charge is 0.497 e. The van der Waals surface area contributed by atoms with Gasteiger partial charge in [0.25, 0.3) is 0 Å². The zero-order valence-corrected chi connectivity index (χ0v) is 19.0. The second-order valence-electron chi connectivity index (χ2n) is 7.77. The Morgan fingerprint density at radius 2 is 1.56 bits per heavy atom. The van der Waals surface area contributed by atoms with Crippen LogP contribution in [-0.4, -0.2) is 50.4 Å². The fourth-order valence-electron chi connectivity index (χ4n) is 3.74. The molecule has 6 heteroatoms. The third kappa shape index (κ3) is 6.02. The molecule has 0 amide bonds. The number of halogens is 1. The third-order valence-corrected chi connectivity index (χ3v) is 5.86. The van der Waals surface area contributed by atoms with Crippen molar-refractivity contribution in [2.75, 3.05) is 44.7 Å². The van der Waals surface area contributed by atoms with E-state index in [2.05, 4.69) is 39.2 Å². The number of rotatable bonds is 8.